The summed E-state index contributed by atoms with van der Waals surface area (Å²) in [5.74, 6) is 0. The Morgan fingerprint density at radius 1 is 1.25 bits per heavy atom. The number of hydrogen-bond donors (Lipinski definition) is 1. The quantitative estimate of drug-likeness (QED) is 0.819. The molecule has 1 unspecified atom stereocenters. The van der Waals surface area contributed by atoms with Crippen molar-refractivity contribution in [1.29, 1.82) is 0 Å². The summed E-state index contributed by atoms with van der Waals surface area (Å²) in [5, 5.41) is 2.15. The van der Waals surface area contributed by atoms with Gasteiger partial charge in [0.25, 0.3) is 0 Å². The van der Waals surface area contributed by atoms with E-state index in [1.807, 2.05) is 0 Å². The van der Waals surface area contributed by atoms with E-state index in [2.05, 4.69) is 66.1 Å². The topological polar surface area (TPSA) is 26.0 Å². The first-order valence-corrected chi connectivity index (χ1v) is 7.10. The molecule has 0 aliphatic heterocycles. The summed E-state index contributed by atoms with van der Waals surface area (Å²) in [6.45, 7) is 4.22. The van der Waals surface area contributed by atoms with E-state index in [-0.39, 0.29) is 6.04 Å². The summed E-state index contributed by atoms with van der Waals surface area (Å²) in [6.07, 6.45) is 0. The molecule has 2 N–H and O–H groups in total. The van der Waals surface area contributed by atoms with Gasteiger partial charge in [0.2, 0.25) is 0 Å². The van der Waals surface area contributed by atoms with E-state index in [0.29, 0.717) is 0 Å². The van der Waals surface area contributed by atoms with Gasteiger partial charge >= 0.3 is 0 Å². The second-order valence-corrected chi connectivity index (χ2v) is 6.83. The van der Waals surface area contributed by atoms with Gasteiger partial charge in [-0.1, -0.05) is 23.8 Å². The predicted molar refractivity (Wildman–Crippen MR) is 79.0 cm³/mol. The molecule has 3 heteroatoms. The number of thiophene rings is 1. The SMILES string of the molecule is Cc1ccc(C)c(C(N)c2csc(I)c2)c1. The lowest BCUT2D eigenvalue weighted by Crippen LogP contribution is -2.12. The Labute approximate surface area is 114 Å². The van der Waals surface area contributed by atoms with Crippen molar-refractivity contribution >= 4 is 33.9 Å². The highest BCUT2D eigenvalue weighted by molar-refractivity contribution is 14.1. The zero-order chi connectivity index (χ0) is 11.7. The third-order valence-corrected chi connectivity index (χ3v) is 4.52. The summed E-state index contributed by atoms with van der Waals surface area (Å²) >= 11 is 4.08. The van der Waals surface area contributed by atoms with Crippen LogP contribution in [0.2, 0.25) is 0 Å². The fourth-order valence-electron chi connectivity index (χ4n) is 1.76. The highest BCUT2D eigenvalue weighted by atomic mass is 127. The van der Waals surface area contributed by atoms with Gasteiger partial charge in [0, 0.05) is 0 Å². The normalized spacial score (nSPS) is 12.8. The van der Waals surface area contributed by atoms with E-state index in [9.17, 15) is 0 Å². The van der Waals surface area contributed by atoms with Crippen molar-refractivity contribution in [3.05, 3.63) is 54.8 Å². The number of nitrogens with two attached hydrogens (primary N) is 1. The molecule has 2 rings (SSSR count). The van der Waals surface area contributed by atoms with Crippen molar-refractivity contribution in [1.82, 2.24) is 0 Å². The Bertz CT molecular complexity index is 504. The van der Waals surface area contributed by atoms with E-state index in [4.69, 9.17) is 5.73 Å². The number of benzene rings is 1. The van der Waals surface area contributed by atoms with Crippen molar-refractivity contribution < 1.29 is 0 Å². The van der Waals surface area contributed by atoms with Crippen LogP contribution in [0, 0.1) is 16.7 Å². The summed E-state index contributed by atoms with van der Waals surface area (Å²) in [7, 11) is 0. The Morgan fingerprint density at radius 2 is 2.00 bits per heavy atom. The molecular weight excluding hydrogens is 329 g/mol. The van der Waals surface area contributed by atoms with Gasteiger partial charge in [0.15, 0.2) is 0 Å². The van der Waals surface area contributed by atoms with E-state index in [1.165, 1.54) is 25.1 Å². The molecule has 1 aromatic heterocycles. The van der Waals surface area contributed by atoms with Crippen LogP contribution in [-0.4, -0.2) is 0 Å². The third kappa shape index (κ3) is 2.47. The average molecular weight is 343 g/mol. The van der Waals surface area contributed by atoms with E-state index >= 15 is 0 Å². The van der Waals surface area contributed by atoms with Gasteiger partial charge in [-0.2, -0.15) is 0 Å². The van der Waals surface area contributed by atoms with Crippen molar-refractivity contribution in [2.24, 2.45) is 5.73 Å². The number of halogens is 1. The Morgan fingerprint density at radius 3 is 2.62 bits per heavy atom. The zero-order valence-electron chi connectivity index (χ0n) is 9.33. The van der Waals surface area contributed by atoms with Gasteiger partial charge in [-0.25, -0.2) is 0 Å². The molecule has 1 aromatic carbocycles. The lowest BCUT2D eigenvalue weighted by atomic mass is 9.96. The van der Waals surface area contributed by atoms with Crippen molar-refractivity contribution in [2.75, 3.05) is 0 Å². The molecule has 0 aliphatic carbocycles. The minimum absolute atomic E-state index is 0.000309. The molecule has 2 aromatic rings. The standard InChI is InChI=1S/C13H14INS/c1-8-3-4-9(2)11(5-8)13(15)10-6-12(14)16-7-10/h3-7,13H,15H2,1-2H3. The van der Waals surface area contributed by atoms with E-state index in [0.717, 1.165) is 0 Å². The molecule has 0 amide bonds. The van der Waals surface area contributed by atoms with Gasteiger partial charge in [-0.15, -0.1) is 11.3 Å². The molecule has 0 bridgehead atoms. The second-order valence-electron chi connectivity index (χ2n) is 4.02. The molecule has 0 aliphatic rings. The number of hydrogen-bond acceptors (Lipinski definition) is 2. The maximum Gasteiger partial charge on any atom is 0.0656 e. The highest BCUT2D eigenvalue weighted by Crippen LogP contribution is 2.27. The van der Waals surface area contributed by atoms with Crippen LogP contribution < -0.4 is 5.73 Å². The molecule has 1 nitrogen and oxygen atoms in total. The Hall–Kier alpha value is -0.390. The molecule has 1 heterocycles. The zero-order valence-corrected chi connectivity index (χ0v) is 12.3. The maximum atomic E-state index is 6.30. The molecule has 0 radical (unpaired) electrons. The van der Waals surface area contributed by atoms with Crippen molar-refractivity contribution in [3.63, 3.8) is 0 Å². The van der Waals surface area contributed by atoms with Crippen LogP contribution in [0.1, 0.15) is 28.3 Å². The fourth-order valence-corrected chi connectivity index (χ4v) is 3.17. The number of rotatable bonds is 2. The van der Waals surface area contributed by atoms with Gasteiger partial charge in [0.1, 0.15) is 0 Å². The maximum absolute atomic E-state index is 6.30. The third-order valence-electron chi connectivity index (χ3n) is 2.72. The molecule has 1 atom stereocenters. The van der Waals surface area contributed by atoms with Crippen LogP contribution in [0.4, 0.5) is 0 Å². The minimum Gasteiger partial charge on any atom is -0.320 e. The Balaban J connectivity index is 2.40. The summed E-state index contributed by atoms with van der Waals surface area (Å²) in [5.41, 5.74) is 11.3. The minimum atomic E-state index is -0.000309. The molecule has 0 spiro atoms. The molecule has 0 fully saturated rings. The van der Waals surface area contributed by atoms with Crippen LogP contribution in [0.15, 0.2) is 29.6 Å². The molecule has 0 saturated heterocycles. The lowest BCUT2D eigenvalue weighted by Gasteiger charge is -2.14. The average Bonchev–Trinajstić information content (AvgIpc) is 2.67. The molecule has 16 heavy (non-hydrogen) atoms. The van der Waals surface area contributed by atoms with E-state index < -0.39 is 0 Å². The summed E-state index contributed by atoms with van der Waals surface area (Å²) < 4.78 is 1.29. The first kappa shape index (κ1) is 12.1. The van der Waals surface area contributed by atoms with Gasteiger partial charge in [-0.3, -0.25) is 0 Å². The fraction of sp³-hybridized carbons (Fsp3) is 0.231. The number of aryl methyl sites for hydroxylation is 2. The van der Waals surface area contributed by atoms with Crippen molar-refractivity contribution in [3.8, 4) is 0 Å². The summed E-state index contributed by atoms with van der Waals surface area (Å²) in [4.78, 5) is 0. The lowest BCUT2D eigenvalue weighted by molar-refractivity contribution is 0.864. The second kappa shape index (κ2) is 4.85. The smallest absolute Gasteiger partial charge is 0.0656 e. The van der Waals surface area contributed by atoms with Crippen LogP contribution in [0.3, 0.4) is 0 Å². The van der Waals surface area contributed by atoms with Crippen LogP contribution >= 0.6 is 33.9 Å². The molecule has 84 valence electrons. The van der Waals surface area contributed by atoms with Gasteiger partial charge in [-0.05, 0) is 64.6 Å². The Kier molecular flexibility index (Phi) is 3.66. The van der Waals surface area contributed by atoms with Gasteiger partial charge in [0.05, 0.1) is 8.93 Å². The molecule has 0 saturated carbocycles. The predicted octanol–water partition coefficient (Wildman–Crippen LogP) is 4.02. The van der Waals surface area contributed by atoms with Crippen LogP contribution in [-0.2, 0) is 0 Å². The monoisotopic (exact) mass is 343 g/mol. The molecular formula is C13H14INS. The van der Waals surface area contributed by atoms with Crippen LogP contribution in [0.25, 0.3) is 0 Å². The van der Waals surface area contributed by atoms with Gasteiger partial charge < -0.3 is 5.73 Å². The van der Waals surface area contributed by atoms with E-state index in [1.54, 1.807) is 11.3 Å². The summed E-state index contributed by atoms with van der Waals surface area (Å²) in [6, 6.07) is 8.62. The highest BCUT2D eigenvalue weighted by Gasteiger charge is 2.12. The van der Waals surface area contributed by atoms with Crippen molar-refractivity contribution in [2.45, 2.75) is 19.9 Å². The first-order chi connectivity index (χ1) is 7.58. The largest absolute Gasteiger partial charge is 0.320 e. The first-order valence-electron chi connectivity index (χ1n) is 5.14. The van der Waals surface area contributed by atoms with Crippen LogP contribution in [0.5, 0.6) is 0 Å².